The fourth-order valence-electron chi connectivity index (χ4n) is 4.45. The van der Waals surface area contributed by atoms with Crippen LogP contribution in [-0.2, 0) is 6.42 Å². The first-order valence-corrected chi connectivity index (χ1v) is 11.7. The van der Waals surface area contributed by atoms with Crippen LogP contribution < -0.4 is 4.74 Å². The summed E-state index contributed by atoms with van der Waals surface area (Å²) in [6, 6.07) is 10.3. The molecule has 1 fully saturated rings. The van der Waals surface area contributed by atoms with E-state index < -0.39 is 0 Å². The van der Waals surface area contributed by atoms with Gasteiger partial charge in [-0.05, 0) is 53.8 Å². The molecule has 0 saturated carbocycles. The lowest BCUT2D eigenvalue weighted by atomic mass is 9.90. The van der Waals surface area contributed by atoms with Gasteiger partial charge in [0.15, 0.2) is 0 Å². The lowest BCUT2D eigenvalue weighted by molar-refractivity contribution is 0.119. The quantitative estimate of drug-likeness (QED) is 0.526. The zero-order valence-electron chi connectivity index (χ0n) is 19.2. The van der Waals surface area contributed by atoms with Crippen molar-refractivity contribution in [1.82, 2.24) is 20.3 Å². The van der Waals surface area contributed by atoms with E-state index in [4.69, 9.17) is 9.26 Å². The van der Waals surface area contributed by atoms with Crippen LogP contribution in [0.4, 0.5) is 0 Å². The van der Waals surface area contributed by atoms with Crippen molar-refractivity contribution in [1.29, 1.82) is 0 Å². The molecule has 2 aromatic heterocycles. The average molecular weight is 447 g/mol. The highest BCUT2D eigenvalue weighted by molar-refractivity contribution is 5.84. The summed E-state index contributed by atoms with van der Waals surface area (Å²) in [5.74, 6) is 2.77. The number of ether oxygens (including phenoxy) is 1. The number of aliphatic hydroxyl groups excluding tert-OH is 1. The van der Waals surface area contributed by atoms with Crippen LogP contribution in [0.2, 0.25) is 0 Å². The number of aromatic nitrogens is 3. The molecule has 0 spiro atoms. The van der Waals surface area contributed by atoms with Crippen molar-refractivity contribution in [2.24, 2.45) is 5.92 Å². The molecule has 1 N–H and O–H groups in total. The van der Waals surface area contributed by atoms with Crippen molar-refractivity contribution in [3.8, 4) is 5.88 Å². The number of rotatable bonds is 8. The Balaban J connectivity index is 1.16. The van der Waals surface area contributed by atoms with Gasteiger partial charge >= 0.3 is 0 Å². The zero-order chi connectivity index (χ0) is 22.8. The Morgan fingerprint density at radius 3 is 2.79 bits per heavy atom. The normalized spacial score (nSPS) is 17.2. The number of allylic oxidation sites excluding steroid dienone is 3. The zero-order valence-corrected chi connectivity index (χ0v) is 19.2. The maximum absolute atomic E-state index is 10.2. The monoisotopic (exact) mass is 446 g/mol. The van der Waals surface area contributed by atoms with Gasteiger partial charge < -0.3 is 14.4 Å². The number of fused-ring (bicyclic) bond motifs is 1. The topological polar surface area (TPSA) is 84.5 Å². The lowest BCUT2D eigenvalue weighted by Crippen LogP contribution is -2.46. The molecule has 1 aromatic carbocycles. The Labute approximate surface area is 193 Å². The van der Waals surface area contributed by atoms with E-state index in [2.05, 4.69) is 46.2 Å². The molecule has 7 nitrogen and oxygen atoms in total. The molecule has 172 valence electrons. The molecule has 0 amide bonds. The van der Waals surface area contributed by atoms with E-state index >= 15 is 0 Å². The second kappa shape index (κ2) is 9.35. The van der Waals surface area contributed by atoms with Crippen LogP contribution in [0.3, 0.4) is 0 Å². The SMILES string of the molecule is CC(C)Cc1cc(OCCN2CC(c3ccc4nnc(C5=CCCC=C5O)cc4c3)C2)no1. The molecule has 3 aromatic rings. The Kier molecular flexibility index (Phi) is 6.13. The van der Waals surface area contributed by atoms with Crippen LogP contribution in [0.15, 0.2) is 52.8 Å². The minimum atomic E-state index is 0.296. The van der Waals surface area contributed by atoms with Crippen LogP contribution in [0, 0.1) is 5.92 Å². The maximum atomic E-state index is 10.2. The summed E-state index contributed by atoms with van der Waals surface area (Å²) in [5.41, 5.74) is 3.69. The van der Waals surface area contributed by atoms with Gasteiger partial charge in [0.05, 0.1) is 11.2 Å². The first kappa shape index (κ1) is 21.6. The van der Waals surface area contributed by atoms with Crippen molar-refractivity contribution in [2.45, 2.75) is 39.0 Å². The maximum Gasteiger partial charge on any atom is 0.254 e. The van der Waals surface area contributed by atoms with E-state index in [0.717, 1.165) is 66.8 Å². The van der Waals surface area contributed by atoms with Gasteiger partial charge in [0.25, 0.3) is 5.88 Å². The van der Waals surface area contributed by atoms with Gasteiger partial charge in [-0.3, -0.25) is 4.90 Å². The molecular weight excluding hydrogens is 416 g/mol. The number of hydrogen-bond acceptors (Lipinski definition) is 7. The first-order chi connectivity index (χ1) is 16.0. The van der Waals surface area contributed by atoms with E-state index in [9.17, 15) is 5.11 Å². The van der Waals surface area contributed by atoms with Crippen molar-refractivity contribution in [3.05, 3.63) is 65.3 Å². The summed E-state index contributed by atoms with van der Waals surface area (Å²) in [6.45, 7) is 7.79. The minimum absolute atomic E-state index is 0.296. The van der Waals surface area contributed by atoms with Crippen molar-refractivity contribution in [2.75, 3.05) is 26.2 Å². The Bertz CT molecular complexity index is 1190. The molecule has 2 aliphatic rings. The fourth-order valence-corrected chi connectivity index (χ4v) is 4.45. The van der Waals surface area contributed by atoms with Crippen LogP contribution in [0.25, 0.3) is 16.5 Å². The third kappa shape index (κ3) is 4.93. The predicted molar refractivity (Wildman–Crippen MR) is 127 cm³/mol. The molecule has 1 aliphatic heterocycles. The molecule has 7 heteroatoms. The van der Waals surface area contributed by atoms with Gasteiger partial charge in [0, 0.05) is 49.0 Å². The Morgan fingerprint density at radius 2 is 1.97 bits per heavy atom. The predicted octanol–water partition coefficient (Wildman–Crippen LogP) is 4.91. The second-order valence-corrected chi connectivity index (χ2v) is 9.37. The fraction of sp³-hybridized carbons (Fsp3) is 0.423. The van der Waals surface area contributed by atoms with Gasteiger partial charge in [-0.25, -0.2) is 0 Å². The molecule has 0 radical (unpaired) electrons. The van der Waals surface area contributed by atoms with Gasteiger partial charge in [-0.2, -0.15) is 0 Å². The number of nitrogens with zero attached hydrogens (tertiary/aromatic N) is 4. The summed E-state index contributed by atoms with van der Waals surface area (Å²) in [7, 11) is 0. The van der Waals surface area contributed by atoms with Crippen LogP contribution in [0.1, 0.15) is 49.6 Å². The molecule has 1 saturated heterocycles. The molecule has 3 heterocycles. The molecule has 5 rings (SSSR count). The van der Waals surface area contributed by atoms with Crippen molar-refractivity contribution in [3.63, 3.8) is 0 Å². The van der Waals surface area contributed by atoms with Crippen LogP contribution in [-0.4, -0.2) is 51.6 Å². The minimum Gasteiger partial charge on any atom is -0.508 e. The smallest absolute Gasteiger partial charge is 0.254 e. The third-order valence-electron chi connectivity index (χ3n) is 6.25. The van der Waals surface area contributed by atoms with Crippen LogP contribution >= 0.6 is 0 Å². The van der Waals surface area contributed by atoms with Gasteiger partial charge in [0.1, 0.15) is 18.1 Å². The molecule has 33 heavy (non-hydrogen) atoms. The van der Waals surface area contributed by atoms with Gasteiger partial charge in [0.2, 0.25) is 0 Å². The Hall–Kier alpha value is -3.19. The highest BCUT2D eigenvalue weighted by Gasteiger charge is 2.28. The van der Waals surface area contributed by atoms with E-state index in [0.29, 0.717) is 30.1 Å². The molecule has 0 atom stereocenters. The number of aliphatic hydroxyl groups is 1. The summed E-state index contributed by atoms with van der Waals surface area (Å²) >= 11 is 0. The number of hydrogen-bond donors (Lipinski definition) is 1. The summed E-state index contributed by atoms with van der Waals surface area (Å²) in [5, 5.41) is 23.9. The first-order valence-electron chi connectivity index (χ1n) is 11.7. The van der Waals surface area contributed by atoms with Crippen molar-refractivity contribution >= 4 is 16.5 Å². The highest BCUT2D eigenvalue weighted by Crippen LogP contribution is 2.31. The summed E-state index contributed by atoms with van der Waals surface area (Å²) in [4.78, 5) is 2.38. The number of benzene rings is 1. The standard InChI is InChI=1S/C26H30N4O3/c1-17(2)11-21-14-26(29-33-21)32-10-9-30-15-20(16-30)18-7-8-23-19(12-18)13-24(28-27-23)22-5-3-4-6-25(22)31/h5-8,12-14,17,20,31H,3-4,9-11,15-16H2,1-2H3. The molecule has 1 aliphatic carbocycles. The third-order valence-corrected chi connectivity index (χ3v) is 6.25. The van der Waals surface area contributed by atoms with E-state index in [1.165, 1.54) is 5.56 Å². The van der Waals surface area contributed by atoms with Gasteiger partial charge in [-0.15, -0.1) is 10.2 Å². The second-order valence-electron chi connectivity index (χ2n) is 9.37. The van der Waals surface area contributed by atoms with Crippen LogP contribution in [0.5, 0.6) is 5.88 Å². The van der Waals surface area contributed by atoms with E-state index in [1.807, 2.05) is 30.4 Å². The molecular formula is C26H30N4O3. The molecule has 0 bridgehead atoms. The summed E-state index contributed by atoms with van der Waals surface area (Å²) in [6.07, 6.45) is 6.53. The highest BCUT2D eigenvalue weighted by atomic mass is 16.5. The average Bonchev–Trinajstić information content (AvgIpc) is 3.21. The summed E-state index contributed by atoms with van der Waals surface area (Å²) < 4.78 is 11.1. The van der Waals surface area contributed by atoms with Gasteiger partial charge in [-0.1, -0.05) is 26.0 Å². The van der Waals surface area contributed by atoms with E-state index in [1.54, 1.807) is 0 Å². The largest absolute Gasteiger partial charge is 0.508 e. The van der Waals surface area contributed by atoms with E-state index in [-0.39, 0.29) is 0 Å². The van der Waals surface area contributed by atoms with Crippen molar-refractivity contribution < 1.29 is 14.4 Å². The Morgan fingerprint density at radius 1 is 1.12 bits per heavy atom. The molecule has 0 unspecified atom stereocenters. The number of likely N-dealkylation sites (tertiary alicyclic amines) is 1. The lowest BCUT2D eigenvalue weighted by Gasteiger charge is -2.39.